The van der Waals surface area contributed by atoms with Gasteiger partial charge in [0, 0.05) is 18.5 Å². The third-order valence-corrected chi connectivity index (χ3v) is 3.67. The quantitative estimate of drug-likeness (QED) is 0.577. The standard InChI is InChI=1S/C16H11ClF2N6O2/c17-10-4-12(19)11(18)3-9(10)15(26)23-14-5-13(24-25-14)16(27)22-7-8-6-20-1-2-21-8/h1-6H,7H2,(H,22,27)(H2,23,24,25,26). The number of rotatable bonds is 5. The topological polar surface area (TPSA) is 113 Å². The highest BCUT2D eigenvalue weighted by Gasteiger charge is 2.17. The molecule has 3 rings (SSSR count). The first-order valence-corrected chi connectivity index (χ1v) is 7.86. The summed E-state index contributed by atoms with van der Waals surface area (Å²) in [5, 5.41) is 10.9. The molecular weight excluding hydrogens is 382 g/mol. The van der Waals surface area contributed by atoms with Gasteiger partial charge in [0.15, 0.2) is 17.3 Å². The normalized spacial score (nSPS) is 10.5. The molecule has 0 unspecified atom stereocenters. The van der Waals surface area contributed by atoms with Gasteiger partial charge in [-0.3, -0.25) is 24.7 Å². The SMILES string of the molecule is O=C(NCc1cnccn1)c1cc(NC(=O)c2cc(F)c(F)cc2Cl)[nH]n1. The molecule has 0 radical (unpaired) electrons. The van der Waals surface area contributed by atoms with Crippen LogP contribution >= 0.6 is 11.6 Å². The molecule has 0 aliphatic rings. The second-order valence-electron chi connectivity index (χ2n) is 5.25. The van der Waals surface area contributed by atoms with Gasteiger partial charge in [-0.25, -0.2) is 8.78 Å². The van der Waals surface area contributed by atoms with Crippen LogP contribution in [0.1, 0.15) is 26.5 Å². The molecule has 2 aromatic heterocycles. The smallest absolute Gasteiger partial charge is 0.272 e. The highest BCUT2D eigenvalue weighted by atomic mass is 35.5. The third-order valence-electron chi connectivity index (χ3n) is 3.36. The first kappa shape index (κ1) is 18.4. The van der Waals surface area contributed by atoms with Gasteiger partial charge >= 0.3 is 0 Å². The van der Waals surface area contributed by atoms with Gasteiger partial charge in [0.05, 0.1) is 29.0 Å². The summed E-state index contributed by atoms with van der Waals surface area (Å²) in [6.07, 6.45) is 4.50. The molecule has 138 valence electrons. The van der Waals surface area contributed by atoms with Crippen molar-refractivity contribution in [1.82, 2.24) is 25.5 Å². The van der Waals surface area contributed by atoms with E-state index in [0.717, 1.165) is 0 Å². The second kappa shape index (κ2) is 7.87. The van der Waals surface area contributed by atoms with Crippen molar-refractivity contribution in [2.75, 3.05) is 5.32 Å². The van der Waals surface area contributed by atoms with Crippen molar-refractivity contribution in [2.45, 2.75) is 6.54 Å². The predicted octanol–water partition coefficient (Wildman–Crippen LogP) is 2.31. The van der Waals surface area contributed by atoms with E-state index in [0.29, 0.717) is 17.8 Å². The zero-order chi connectivity index (χ0) is 19.4. The number of nitrogens with zero attached hydrogens (tertiary/aromatic N) is 3. The van der Waals surface area contributed by atoms with Crippen LogP contribution in [0.15, 0.2) is 36.8 Å². The number of carbonyl (C=O) groups is 2. The Balaban J connectivity index is 1.64. The fourth-order valence-corrected chi connectivity index (χ4v) is 2.31. The number of H-pyrrole nitrogens is 1. The maximum atomic E-state index is 13.3. The second-order valence-corrected chi connectivity index (χ2v) is 5.65. The first-order chi connectivity index (χ1) is 12.9. The molecule has 0 bridgehead atoms. The summed E-state index contributed by atoms with van der Waals surface area (Å²) < 4.78 is 26.4. The van der Waals surface area contributed by atoms with Crippen molar-refractivity contribution >= 4 is 29.2 Å². The van der Waals surface area contributed by atoms with Gasteiger partial charge in [-0.15, -0.1) is 0 Å². The number of hydrogen-bond donors (Lipinski definition) is 3. The fraction of sp³-hybridized carbons (Fsp3) is 0.0625. The van der Waals surface area contributed by atoms with E-state index in [9.17, 15) is 18.4 Å². The number of benzene rings is 1. The first-order valence-electron chi connectivity index (χ1n) is 7.48. The summed E-state index contributed by atoms with van der Waals surface area (Å²) in [6, 6.07) is 2.65. The van der Waals surface area contributed by atoms with Crippen LogP contribution in [0.25, 0.3) is 0 Å². The van der Waals surface area contributed by atoms with E-state index in [1.54, 1.807) is 0 Å². The maximum absolute atomic E-state index is 13.3. The number of aromatic amines is 1. The monoisotopic (exact) mass is 392 g/mol. The van der Waals surface area contributed by atoms with Crippen molar-refractivity contribution < 1.29 is 18.4 Å². The molecule has 2 amide bonds. The Morgan fingerprint density at radius 3 is 2.63 bits per heavy atom. The van der Waals surface area contributed by atoms with E-state index < -0.39 is 23.4 Å². The number of aromatic nitrogens is 4. The molecule has 0 aliphatic heterocycles. The molecule has 8 nitrogen and oxygen atoms in total. The van der Waals surface area contributed by atoms with Gasteiger partial charge in [-0.05, 0) is 12.1 Å². The summed E-state index contributed by atoms with van der Waals surface area (Å²) in [5.74, 6) is -3.61. The van der Waals surface area contributed by atoms with Crippen LogP contribution in [-0.4, -0.2) is 32.0 Å². The Hall–Kier alpha value is -3.40. The molecule has 0 fully saturated rings. The number of hydrogen-bond acceptors (Lipinski definition) is 5. The molecule has 3 aromatic rings. The van der Waals surface area contributed by atoms with Crippen molar-refractivity contribution in [3.8, 4) is 0 Å². The van der Waals surface area contributed by atoms with Crippen molar-refractivity contribution in [3.05, 3.63) is 70.4 Å². The Morgan fingerprint density at radius 1 is 1.11 bits per heavy atom. The van der Waals surface area contributed by atoms with E-state index in [1.165, 1.54) is 24.7 Å². The summed E-state index contributed by atoms with van der Waals surface area (Å²) in [5.41, 5.74) is 0.298. The lowest BCUT2D eigenvalue weighted by molar-refractivity contribution is 0.0944. The molecule has 3 N–H and O–H groups in total. The average molecular weight is 393 g/mol. The molecule has 0 saturated heterocycles. The Morgan fingerprint density at radius 2 is 1.89 bits per heavy atom. The van der Waals surface area contributed by atoms with Crippen LogP contribution in [0.5, 0.6) is 0 Å². The lowest BCUT2D eigenvalue weighted by atomic mass is 10.2. The number of carbonyl (C=O) groups excluding carboxylic acids is 2. The lowest BCUT2D eigenvalue weighted by Gasteiger charge is -2.05. The van der Waals surface area contributed by atoms with Gasteiger partial charge in [0.1, 0.15) is 5.82 Å². The van der Waals surface area contributed by atoms with Gasteiger partial charge in [-0.1, -0.05) is 11.6 Å². The zero-order valence-electron chi connectivity index (χ0n) is 13.5. The minimum Gasteiger partial charge on any atom is -0.345 e. The number of amides is 2. The van der Waals surface area contributed by atoms with Crippen LogP contribution < -0.4 is 10.6 Å². The predicted molar refractivity (Wildman–Crippen MR) is 91.1 cm³/mol. The number of nitrogens with one attached hydrogen (secondary N) is 3. The summed E-state index contributed by atoms with van der Waals surface area (Å²) in [4.78, 5) is 32.1. The lowest BCUT2D eigenvalue weighted by Crippen LogP contribution is -2.23. The molecule has 0 spiro atoms. The van der Waals surface area contributed by atoms with E-state index in [1.807, 2.05) is 0 Å². The van der Waals surface area contributed by atoms with Crippen LogP contribution in [0, 0.1) is 11.6 Å². The van der Waals surface area contributed by atoms with Gasteiger partial charge < -0.3 is 10.6 Å². The number of anilines is 1. The van der Waals surface area contributed by atoms with E-state index in [2.05, 4.69) is 30.8 Å². The minimum absolute atomic E-state index is 0.00516. The minimum atomic E-state index is -1.21. The van der Waals surface area contributed by atoms with Crippen molar-refractivity contribution in [2.24, 2.45) is 0 Å². The molecular formula is C16H11ClF2N6O2. The third kappa shape index (κ3) is 4.42. The van der Waals surface area contributed by atoms with Crippen molar-refractivity contribution in [3.63, 3.8) is 0 Å². The number of halogens is 3. The summed E-state index contributed by atoms with van der Waals surface area (Å²) >= 11 is 5.75. The highest BCUT2D eigenvalue weighted by Crippen LogP contribution is 2.21. The molecule has 0 aliphatic carbocycles. The van der Waals surface area contributed by atoms with Crippen molar-refractivity contribution in [1.29, 1.82) is 0 Å². The van der Waals surface area contributed by atoms with Crippen LogP contribution in [0.2, 0.25) is 5.02 Å². The van der Waals surface area contributed by atoms with Gasteiger partial charge in [-0.2, -0.15) is 5.10 Å². The highest BCUT2D eigenvalue weighted by molar-refractivity contribution is 6.34. The Bertz CT molecular complexity index is 996. The van der Waals surface area contributed by atoms with Crippen LogP contribution in [0.3, 0.4) is 0 Å². The fourth-order valence-electron chi connectivity index (χ4n) is 2.07. The van der Waals surface area contributed by atoms with Crippen LogP contribution in [-0.2, 0) is 6.54 Å². The molecule has 0 saturated carbocycles. The largest absolute Gasteiger partial charge is 0.345 e. The summed E-state index contributed by atoms with van der Waals surface area (Å²) in [6.45, 7) is 0.145. The summed E-state index contributed by atoms with van der Waals surface area (Å²) in [7, 11) is 0. The molecule has 2 heterocycles. The van der Waals surface area contributed by atoms with Gasteiger partial charge in [0.2, 0.25) is 0 Å². The van der Waals surface area contributed by atoms with E-state index >= 15 is 0 Å². The zero-order valence-corrected chi connectivity index (χ0v) is 14.2. The van der Waals surface area contributed by atoms with E-state index in [4.69, 9.17) is 11.6 Å². The van der Waals surface area contributed by atoms with Gasteiger partial charge in [0.25, 0.3) is 11.8 Å². The Kier molecular flexibility index (Phi) is 5.36. The maximum Gasteiger partial charge on any atom is 0.272 e. The van der Waals surface area contributed by atoms with E-state index in [-0.39, 0.29) is 28.6 Å². The Labute approximate surface area is 156 Å². The molecule has 0 atom stereocenters. The average Bonchev–Trinajstić information content (AvgIpc) is 3.12. The molecule has 27 heavy (non-hydrogen) atoms. The van der Waals surface area contributed by atoms with Crippen LogP contribution in [0.4, 0.5) is 14.6 Å². The molecule has 1 aromatic carbocycles. The molecule has 11 heteroatoms.